The summed E-state index contributed by atoms with van der Waals surface area (Å²) in [6.45, 7) is 0. The SMILES string of the molecule is O=C(CSc1cccc(NC(=O)/C(=C\c2ccccc2[N+](=O)[O-])NC(=O)c2ccccc2)c1)Nc1cccc(C(=O)O)c1. The van der Waals surface area contributed by atoms with Gasteiger partial charge in [-0.2, -0.15) is 0 Å². The van der Waals surface area contributed by atoms with Crippen LogP contribution in [0.25, 0.3) is 6.08 Å². The topological polar surface area (TPSA) is 168 Å². The van der Waals surface area contributed by atoms with Crippen LogP contribution in [0.5, 0.6) is 0 Å². The van der Waals surface area contributed by atoms with E-state index in [2.05, 4.69) is 16.0 Å². The standard InChI is InChI=1S/C31H24N4O7S/c36-28(32-23-12-6-11-22(16-23)31(39)40)19-43-25-14-7-13-24(18-25)33-30(38)26(34-29(37)20-8-2-1-3-9-20)17-21-10-4-5-15-27(21)35(41)42/h1-18H,19H2,(H,32,36)(H,33,38)(H,34,37)(H,39,40)/b26-17+. The number of amides is 3. The molecule has 216 valence electrons. The van der Waals surface area contributed by atoms with Crippen molar-refractivity contribution in [3.63, 3.8) is 0 Å². The fourth-order valence-corrected chi connectivity index (χ4v) is 4.57. The van der Waals surface area contributed by atoms with Gasteiger partial charge in [0.25, 0.3) is 17.5 Å². The number of nitrogens with zero attached hydrogens (tertiary/aromatic N) is 1. The van der Waals surface area contributed by atoms with Crippen molar-refractivity contribution in [1.82, 2.24) is 5.32 Å². The highest BCUT2D eigenvalue weighted by molar-refractivity contribution is 8.00. The quantitative estimate of drug-likeness (QED) is 0.0769. The summed E-state index contributed by atoms with van der Waals surface area (Å²) in [4.78, 5) is 61.4. The third kappa shape index (κ3) is 8.62. The van der Waals surface area contributed by atoms with Crippen molar-refractivity contribution in [2.45, 2.75) is 4.90 Å². The van der Waals surface area contributed by atoms with E-state index < -0.39 is 22.7 Å². The average molecular weight is 597 g/mol. The van der Waals surface area contributed by atoms with Crippen LogP contribution in [0.1, 0.15) is 26.3 Å². The lowest BCUT2D eigenvalue weighted by Crippen LogP contribution is -2.30. The van der Waals surface area contributed by atoms with E-state index >= 15 is 0 Å². The van der Waals surface area contributed by atoms with Gasteiger partial charge in [-0.1, -0.05) is 42.5 Å². The van der Waals surface area contributed by atoms with E-state index in [9.17, 15) is 29.3 Å². The van der Waals surface area contributed by atoms with Gasteiger partial charge in [0.1, 0.15) is 5.70 Å². The summed E-state index contributed by atoms with van der Waals surface area (Å²) < 4.78 is 0. The van der Waals surface area contributed by atoms with Gasteiger partial charge in [-0.3, -0.25) is 24.5 Å². The number of anilines is 2. The van der Waals surface area contributed by atoms with Crippen molar-refractivity contribution < 1.29 is 29.2 Å². The van der Waals surface area contributed by atoms with E-state index in [0.717, 1.165) is 0 Å². The van der Waals surface area contributed by atoms with Gasteiger partial charge in [0.05, 0.1) is 21.8 Å². The molecule has 0 fully saturated rings. The lowest BCUT2D eigenvalue weighted by molar-refractivity contribution is -0.385. The second kappa shape index (κ2) is 14.2. The first-order valence-electron chi connectivity index (χ1n) is 12.7. The predicted octanol–water partition coefficient (Wildman–Crippen LogP) is 5.43. The number of hydrogen-bond donors (Lipinski definition) is 4. The average Bonchev–Trinajstić information content (AvgIpc) is 3.00. The van der Waals surface area contributed by atoms with Gasteiger partial charge in [-0.15, -0.1) is 11.8 Å². The van der Waals surface area contributed by atoms with Crippen molar-refractivity contribution in [2.24, 2.45) is 0 Å². The number of nitro groups is 1. The second-order valence-corrected chi connectivity index (χ2v) is 9.95. The molecule has 0 aliphatic heterocycles. The smallest absolute Gasteiger partial charge is 0.335 e. The summed E-state index contributed by atoms with van der Waals surface area (Å²) >= 11 is 1.18. The van der Waals surface area contributed by atoms with Crippen LogP contribution in [-0.4, -0.2) is 39.5 Å². The minimum absolute atomic E-state index is 0.00462. The number of carboxylic acid groups (broad SMARTS) is 1. The summed E-state index contributed by atoms with van der Waals surface area (Å²) in [7, 11) is 0. The Morgan fingerprint density at radius 1 is 0.791 bits per heavy atom. The van der Waals surface area contributed by atoms with Gasteiger partial charge >= 0.3 is 5.97 Å². The summed E-state index contributed by atoms with van der Waals surface area (Å²) in [6.07, 6.45) is 1.23. The molecule has 0 aliphatic carbocycles. The molecule has 4 aromatic rings. The Bertz CT molecular complexity index is 1720. The van der Waals surface area contributed by atoms with Crippen LogP contribution < -0.4 is 16.0 Å². The molecule has 0 spiro atoms. The maximum Gasteiger partial charge on any atom is 0.335 e. The van der Waals surface area contributed by atoms with Crippen LogP contribution in [0.2, 0.25) is 0 Å². The van der Waals surface area contributed by atoms with E-state index in [0.29, 0.717) is 16.3 Å². The van der Waals surface area contributed by atoms with Crippen LogP contribution >= 0.6 is 11.8 Å². The van der Waals surface area contributed by atoms with Crippen LogP contribution in [0.4, 0.5) is 17.1 Å². The minimum Gasteiger partial charge on any atom is -0.478 e. The maximum atomic E-state index is 13.3. The molecule has 4 N–H and O–H groups in total. The number of rotatable bonds is 11. The molecule has 0 saturated carbocycles. The summed E-state index contributed by atoms with van der Waals surface area (Å²) in [5.41, 5.74) is 0.695. The van der Waals surface area contributed by atoms with Crippen molar-refractivity contribution in [3.05, 3.63) is 136 Å². The van der Waals surface area contributed by atoms with Crippen molar-refractivity contribution in [1.29, 1.82) is 0 Å². The van der Waals surface area contributed by atoms with E-state index in [-0.39, 0.29) is 39.7 Å². The molecular formula is C31H24N4O7S. The second-order valence-electron chi connectivity index (χ2n) is 8.90. The summed E-state index contributed by atoms with van der Waals surface area (Å²) in [5.74, 6) is -2.76. The highest BCUT2D eigenvalue weighted by Gasteiger charge is 2.18. The fourth-order valence-electron chi connectivity index (χ4n) is 3.81. The largest absolute Gasteiger partial charge is 0.478 e. The molecule has 4 rings (SSSR count). The van der Waals surface area contributed by atoms with Crippen LogP contribution in [0.15, 0.2) is 114 Å². The van der Waals surface area contributed by atoms with E-state index in [4.69, 9.17) is 5.11 Å². The minimum atomic E-state index is -1.11. The van der Waals surface area contributed by atoms with Gasteiger partial charge in [0.2, 0.25) is 5.91 Å². The first-order valence-corrected chi connectivity index (χ1v) is 13.7. The van der Waals surface area contributed by atoms with E-state index in [1.54, 1.807) is 66.7 Å². The molecular weight excluding hydrogens is 572 g/mol. The van der Waals surface area contributed by atoms with Gasteiger partial charge in [0, 0.05) is 27.9 Å². The monoisotopic (exact) mass is 596 g/mol. The Hall–Kier alpha value is -5.75. The summed E-state index contributed by atoms with van der Waals surface area (Å²) in [5, 5.41) is 28.5. The van der Waals surface area contributed by atoms with Gasteiger partial charge in [0.15, 0.2) is 0 Å². The summed E-state index contributed by atoms with van der Waals surface area (Å²) in [6, 6.07) is 26.5. The molecule has 0 aliphatic rings. The molecule has 0 bridgehead atoms. The molecule has 0 unspecified atom stereocenters. The first-order chi connectivity index (χ1) is 20.7. The predicted molar refractivity (Wildman–Crippen MR) is 163 cm³/mol. The Morgan fingerprint density at radius 2 is 1.44 bits per heavy atom. The molecule has 12 heteroatoms. The fraction of sp³-hybridized carbons (Fsp3) is 0.0323. The lowest BCUT2D eigenvalue weighted by atomic mass is 10.1. The Labute approximate surface area is 249 Å². The highest BCUT2D eigenvalue weighted by Crippen LogP contribution is 2.24. The molecule has 3 amide bonds. The lowest BCUT2D eigenvalue weighted by Gasteiger charge is -2.12. The number of carbonyl (C=O) groups excluding carboxylic acids is 3. The zero-order valence-corrected chi connectivity index (χ0v) is 23.2. The number of hydrogen-bond acceptors (Lipinski definition) is 7. The number of thioether (sulfide) groups is 1. The van der Waals surface area contributed by atoms with Crippen LogP contribution in [-0.2, 0) is 9.59 Å². The number of para-hydroxylation sites is 1. The first kappa shape index (κ1) is 30.2. The Balaban J connectivity index is 1.48. The molecule has 43 heavy (non-hydrogen) atoms. The zero-order chi connectivity index (χ0) is 30.8. The molecule has 0 radical (unpaired) electrons. The molecule has 11 nitrogen and oxygen atoms in total. The maximum absolute atomic E-state index is 13.3. The molecule has 0 atom stereocenters. The third-order valence-electron chi connectivity index (χ3n) is 5.82. The van der Waals surface area contributed by atoms with E-state index in [1.165, 1.54) is 54.2 Å². The normalized spacial score (nSPS) is 10.8. The van der Waals surface area contributed by atoms with Crippen LogP contribution in [0.3, 0.4) is 0 Å². The Morgan fingerprint density at radius 3 is 2.16 bits per heavy atom. The highest BCUT2D eigenvalue weighted by atomic mass is 32.2. The van der Waals surface area contributed by atoms with Gasteiger partial charge in [-0.25, -0.2) is 4.79 Å². The third-order valence-corrected chi connectivity index (χ3v) is 6.81. The van der Waals surface area contributed by atoms with Crippen molar-refractivity contribution in [3.8, 4) is 0 Å². The number of carbonyl (C=O) groups is 4. The molecule has 4 aromatic carbocycles. The molecule has 0 aromatic heterocycles. The number of carboxylic acids is 1. The number of aromatic carboxylic acids is 1. The number of nitrogens with one attached hydrogen (secondary N) is 3. The zero-order valence-electron chi connectivity index (χ0n) is 22.4. The van der Waals surface area contributed by atoms with Crippen molar-refractivity contribution >= 4 is 58.6 Å². The molecule has 0 saturated heterocycles. The van der Waals surface area contributed by atoms with Gasteiger partial charge < -0.3 is 21.1 Å². The Kier molecular flexibility index (Phi) is 10.0. The van der Waals surface area contributed by atoms with Crippen molar-refractivity contribution in [2.75, 3.05) is 16.4 Å². The van der Waals surface area contributed by atoms with Gasteiger partial charge in [-0.05, 0) is 60.7 Å². The van der Waals surface area contributed by atoms with E-state index in [1.807, 2.05) is 0 Å². The number of benzene rings is 4. The van der Waals surface area contributed by atoms with Crippen LogP contribution in [0, 0.1) is 10.1 Å². The number of nitro benzene ring substituents is 1. The molecule has 0 heterocycles.